The molecule has 3 rings (SSSR count). The van der Waals surface area contributed by atoms with Gasteiger partial charge in [-0.3, -0.25) is 4.79 Å². The molecule has 1 aromatic carbocycles. The summed E-state index contributed by atoms with van der Waals surface area (Å²) in [7, 11) is 0. The lowest BCUT2D eigenvalue weighted by atomic mass is 9.92. The third-order valence-electron chi connectivity index (χ3n) is 4.60. The van der Waals surface area contributed by atoms with Gasteiger partial charge in [0.2, 0.25) is 5.91 Å². The van der Waals surface area contributed by atoms with Crippen molar-refractivity contribution in [2.75, 3.05) is 13.1 Å². The Bertz CT molecular complexity index is 643. The lowest BCUT2D eigenvalue weighted by Gasteiger charge is -2.39. The van der Waals surface area contributed by atoms with Crippen LogP contribution in [0.5, 0.6) is 5.75 Å². The van der Waals surface area contributed by atoms with Crippen molar-refractivity contribution >= 4 is 11.5 Å². The largest absolute Gasteiger partial charge is 0.487 e. The molecule has 0 aromatic heterocycles. The molecule has 0 unspecified atom stereocenters. The third kappa shape index (κ3) is 3.34. The normalized spacial score (nSPS) is 17.7. The topological polar surface area (TPSA) is 29.5 Å². The highest BCUT2D eigenvalue weighted by molar-refractivity contribution is 5.79. The Morgan fingerprint density at radius 1 is 1.22 bits per heavy atom. The number of amides is 1. The van der Waals surface area contributed by atoms with Crippen molar-refractivity contribution in [2.45, 2.75) is 46.1 Å². The molecule has 3 nitrogen and oxygen atoms in total. The van der Waals surface area contributed by atoms with E-state index in [0.29, 0.717) is 19.5 Å². The fourth-order valence-corrected chi connectivity index (χ4v) is 3.38. The summed E-state index contributed by atoms with van der Waals surface area (Å²) in [6.07, 6.45) is 9.73. The highest BCUT2D eigenvalue weighted by Gasteiger charge is 2.31. The average Bonchev–Trinajstić information content (AvgIpc) is 2.50. The Morgan fingerprint density at radius 2 is 1.91 bits per heavy atom. The van der Waals surface area contributed by atoms with Crippen LogP contribution in [0.15, 0.2) is 30.4 Å². The van der Waals surface area contributed by atoms with Crippen molar-refractivity contribution in [3.8, 4) is 5.75 Å². The van der Waals surface area contributed by atoms with E-state index in [1.54, 1.807) is 0 Å². The van der Waals surface area contributed by atoms with Crippen LogP contribution in [0.3, 0.4) is 0 Å². The van der Waals surface area contributed by atoms with Gasteiger partial charge in [0, 0.05) is 6.42 Å². The zero-order chi connectivity index (χ0) is 16.4. The lowest BCUT2D eigenvalue weighted by molar-refractivity contribution is -0.139. The Labute approximate surface area is 138 Å². The van der Waals surface area contributed by atoms with Crippen molar-refractivity contribution in [2.24, 2.45) is 0 Å². The van der Waals surface area contributed by atoms with E-state index in [0.717, 1.165) is 18.6 Å². The maximum absolute atomic E-state index is 11.6. The molecule has 1 heterocycles. The first-order valence-electron chi connectivity index (χ1n) is 8.51. The van der Waals surface area contributed by atoms with E-state index >= 15 is 0 Å². The molecule has 0 saturated carbocycles. The predicted molar refractivity (Wildman–Crippen MR) is 93.6 cm³/mol. The van der Waals surface area contributed by atoms with E-state index in [1.807, 2.05) is 11.8 Å². The number of hydrogen-bond acceptors (Lipinski definition) is 2. The molecule has 3 heteroatoms. The van der Waals surface area contributed by atoms with Crippen molar-refractivity contribution in [1.29, 1.82) is 0 Å². The predicted octanol–water partition coefficient (Wildman–Crippen LogP) is 4.04. The van der Waals surface area contributed by atoms with Crippen molar-refractivity contribution < 1.29 is 9.53 Å². The number of aryl methyl sites for hydroxylation is 2. The first-order valence-corrected chi connectivity index (χ1v) is 8.51. The first-order chi connectivity index (χ1) is 11.1. The standard InChI is InChI=1S/C20H25NO2/c1-4-19(22)21-12-18(13-21)23-17-10-14(2)20(15(3)11-17)16-8-6-5-7-9-16/h6,8-11,18H,4-5,7,12-13H2,1-3H3. The van der Waals surface area contributed by atoms with Gasteiger partial charge in [-0.2, -0.15) is 0 Å². The van der Waals surface area contributed by atoms with Crippen LogP contribution in [-0.2, 0) is 4.79 Å². The molecule has 1 saturated heterocycles. The number of nitrogens with zero attached hydrogens (tertiary/aromatic N) is 1. The van der Waals surface area contributed by atoms with E-state index in [2.05, 4.69) is 44.2 Å². The minimum atomic E-state index is 0.129. The molecular weight excluding hydrogens is 286 g/mol. The Morgan fingerprint density at radius 3 is 2.48 bits per heavy atom. The van der Waals surface area contributed by atoms with Crippen molar-refractivity contribution in [1.82, 2.24) is 4.90 Å². The second kappa shape index (κ2) is 6.61. The summed E-state index contributed by atoms with van der Waals surface area (Å²) in [6.45, 7) is 7.61. The van der Waals surface area contributed by atoms with Gasteiger partial charge in [0.15, 0.2) is 0 Å². The SMILES string of the molecule is CCC(=O)N1CC(Oc2cc(C)c(C3=CCCC=C3)c(C)c2)C1. The van der Waals surface area contributed by atoms with Gasteiger partial charge in [-0.1, -0.05) is 25.2 Å². The van der Waals surface area contributed by atoms with Crippen molar-refractivity contribution in [3.63, 3.8) is 0 Å². The number of carbonyl (C=O) groups excluding carboxylic acids is 1. The first kappa shape index (κ1) is 15.9. The molecule has 23 heavy (non-hydrogen) atoms. The van der Waals surface area contributed by atoms with Gasteiger partial charge < -0.3 is 9.64 Å². The lowest BCUT2D eigenvalue weighted by Crippen LogP contribution is -2.56. The number of hydrogen-bond donors (Lipinski definition) is 0. The number of benzene rings is 1. The van der Waals surface area contributed by atoms with Crippen LogP contribution in [0.4, 0.5) is 0 Å². The van der Waals surface area contributed by atoms with Gasteiger partial charge in [-0.05, 0) is 61.1 Å². The van der Waals surface area contributed by atoms with Crippen LogP contribution in [0.25, 0.3) is 5.57 Å². The number of ether oxygens (including phenoxy) is 1. The second-order valence-corrected chi connectivity index (χ2v) is 6.46. The summed E-state index contributed by atoms with van der Waals surface area (Å²) in [5.41, 5.74) is 5.14. The van der Waals surface area contributed by atoms with E-state index in [4.69, 9.17) is 4.74 Å². The second-order valence-electron chi connectivity index (χ2n) is 6.46. The molecule has 1 aliphatic heterocycles. The van der Waals surface area contributed by atoms with E-state index < -0.39 is 0 Å². The van der Waals surface area contributed by atoms with Gasteiger partial charge in [0.1, 0.15) is 11.9 Å². The third-order valence-corrected chi connectivity index (χ3v) is 4.60. The highest BCUT2D eigenvalue weighted by Crippen LogP contribution is 2.31. The minimum absolute atomic E-state index is 0.129. The molecule has 1 amide bonds. The van der Waals surface area contributed by atoms with E-state index in [9.17, 15) is 4.79 Å². The maximum Gasteiger partial charge on any atom is 0.222 e. The molecule has 0 bridgehead atoms. The van der Waals surface area contributed by atoms with E-state index in [1.165, 1.54) is 22.3 Å². The molecule has 0 atom stereocenters. The summed E-state index contributed by atoms with van der Waals surface area (Å²) in [6, 6.07) is 4.24. The zero-order valence-electron chi connectivity index (χ0n) is 14.3. The van der Waals surface area contributed by atoms with Gasteiger partial charge in [-0.25, -0.2) is 0 Å². The fraction of sp³-hybridized carbons (Fsp3) is 0.450. The number of likely N-dealkylation sites (tertiary alicyclic amines) is 1. The van der Waals surface area contributed by atoms with Crippen LogP contribution < -0.4 is 4.74 Å². The summed E-state index contributed by atoms with van der Waals surface area (Å²) >= 11 is 0. The maximum atomic E-state index is 11.6. The fourth-order valence-electron chi connectivity index (χ4n) is 3.38. The van der Waals surface area contributed by atoms with Crippen LogP contribution in [0.1, 0.15) is 42.9 Å². The van der Waals surface area contributed by atoms with Crippen LogP contribution in [0.2, 0.25) is 0 Å². The molecule has 0 spiro atoms. The van der Waals surface area contributed by atoms with E-state index in [-0.39, 0.29) is 12.0 Å². The van der Waals surface area contributed by atoms with Crippen LogP contribution >= 0.6 is 0 Å². The molecule has 1 aliphatic carbocycles. The molecule has 0 N–H and O–H groups in total. The zero-order valence-corrected chi connectivity index (χ0v) is 14.3. The van der Waals surface area contributed by atoms with Gasteiger partial charge in [0.25, 0.3) is 0 Å². The van der Waals surface area contributed by atoms with Gasteiger partial charge in [-0.15, -0.1) is 0 Å². The molecule has 1 fully saturated rings. The summed E-state index contributed by atoms with van der Waals surface area (Å²) in [5, 5.41) is 0. The quantitative estimate of drug-likeness (QED) is 0.840. The molecule has 122 valence electrons. The van der Waals surface area contributed by atoms with Crippen LogP contribution in [0, 0.1) is 13.8 Å². The Kier molecular flexibility index (Phi) is 4.56. The summed E-state index contributed by atoms with van der Waals surface area (Å²) in [4.78, 5) is 13.4. The molecular formula is C20H25NO2. The summed E-state index contributed by atoms with van der Waals surface area (Å²) < 4.78 is 6.05. The molecule has 0 radical (unpaired) electrons. The minimum Gasteiger partial charge on any atom is -0.487 e. The average molecular weight is 311 g/mol. The Balaban J connectivity index is 1.70. The highest BCUT2D eigenvalue weighted by atomic mass is 16.5. The molecule has 1 aromatic rings. The van der Waals surface area contributed by atoms with Crippen LogP contribution in [-0.4, -0.2) is 30.0 Å². The Hall–Kier alpha value is -2.03. The van der Waals surface area contributed by atoms with Gasteiger partial charge >= 0.3 is 0 Å². The smallest absolute Gasteiger partial charge is 0.222 e. The monoisotopic (exact) mass is 311 g/mol. The van der Waals surface area contributed by atoms with Gasteiger partial charge in [0.05, 0.1) is 13.1 Å². The molecule has 2 aliphatic rings. The summed E-state index contributed by atoms with van der Waals surface area (Å²) in [5.74, 6) is 1.13. The number of carbonyl (C=O) groups is 1. The number of rotatable bonds is 4. The van der Waals surface area contributed by atoms with Crippen molar-refractivity contribution in [3.05, 3.63) is 47.1 Å². The number of allylic oxidation sites excluding steroid dienone is 4.